The number of thiocarbonyl (C=S) groups is 1. The molecule has 0 heterocycles. The fraction of sp³-hybridized carbons (Fsp3) is 0.190. The third-order valence-corrected chi connectivity index (χ3v) is 3.46. The topological polar surface area (TPSA) is 12.4 Å². The molecule has 2 aromatic carbocycles. The second-order valence-electron chi connectivity index (χ2n) is 5.34. The standard InChI is InChI=1S/C21H14F3NS/c1-2-3-4-5-6-15-7-9-17(18(22)11-15)10-8-16-12-19(23)21(25-14-26)20(24)13-16/h7,9,11-13H,2-4H2,1H3. The number of halogens is 3. The van der Waals surface area contributed by atoms with Crippen molar-refractivity contribution in [1.82, 2.24) is 0 Å². The molecule has 0 atom stereocenters. The predicted octanol–water partition coefficient (Wildman–Crippen LogP) is 5.78. The molecular weight excluding hydrogens is 355 g/mol. The van der Waals surface area contributed by atoms with Crippen molar-refractivity contribution < 1.29 is 13.2 Å². The Kier molecular flexibility index (Phi) is 7.18. The highest BCUT2D eigenvalue weighted by atomic mass is 32.1. The van der Waals surface area contributed by atoms with Crippen LogP contribution in [-0.4, -0.2) is 5.16 Å². The largest absolute Gasteiger partial charge is 0.206 e. The molecule has 0 fully saturated rings. The predicted molar refractivity (Wildman–Crippen MR) is 99.8 cm³/mol. The molecule has 0 saturated heterocycles. The molecule has 130 valence electrons. The van der Waals surface area contributed by atoms with Gasteiger partial charge >= 0.3 is 0 Å². The van der Waals surface area contributed by atoms with Crippen molar-refractivity contribution in [3.05, 3.63) is 64.5 Å². The van der Waals surface area contributed by atoms with Gasteiger partial charge in [-0.2, -0.15) is 4.99 Å². The molecule has 0 amide bonds. The van der Waals surface area contributed by atoms with E-state index >= 15 is 0 Å². The fourth-order valence-corrected chi connectivity index (χ4v) is 2.14. The molecule has 0 aromatic heterocycles. The van der Waals surface area contributed by atoms with E-state index in [1.54, 1.807) is 6.07 Å². The van der Waals surface area contributed by atoms with Gasteiger partial charge in [-0.3, -0.25) is 0 Å². The van der Waals surface area contributed by atoms with E-state index in [2.05, 4.69) is 47.8 Å². The van der Waals surface area contributed by atoms with E-state index in [0.717, 1.165) is 31.4 Å². The summed E-state index contributed by atoms with van der Waals surface area (Å²) in [6.45, 7) is 2.07. The summed E-state index contributed by atoms with van der Waals surface area (Å²) in [4.78, 5) is 3.32. The molecule has 0 N–H and O–H groups in total. The average molecular weight is 369 g/mol. The average Bonchev–Trinajstić information content (AvgIpc) is 2.61. The van der Waals surface area contributed by atoms with Gasteiger partial charge in [-0.1, -0.05) is 37.0 Å². The molecule has 0 spiro atoms. The Hall–Kier alpha value is -2.85. The lowest BCUT2D eigenvalue weighted by atomic mass is 10.1. The number of benzene rings is 2. The molecule has 0 bridgehead atoms. The van der Waals surface area contributed by atoms with Gasteiger partial charge in [-0.25, -0.2) is 13.2 Å². The van der Waals surface area contributed by atoms with E-state index in [4.69, 9.17) is 0 Å². The van der Waals surface area contributed by atoms with Crippen LogP contribution in [0, 0.1) is 41.1 Å². The smallest absolute Gasteiger partial charge is 0.153 e. The summed E-state index contributed by atoms with van der Waals surface area (Å²) in [5.41, 5.74) is 0.211. The number of nitrogens with zero attached hydrogens (tertiary/aromatic N) is 1. The van der Waals surface area contributed by atoms with Crippen molar-refractivity contribution in [2.24, 2.45) is 4.99 Å². The summed E-state index contributed by atoms with van der Waals surface area (Å²) < 4.78 is 41.6. The van der Waals surface area contributed by atoms with Crippen LogP contribution in [0.1, 0.15) is 42.9 Å². The molecule has 5 heteroatoms. The second-order valence-corrected chi connectivity index (χ2v) is 5.52. The van der Waals surface area contributed by atoms with Gasteiger partial charge in [0.05, 0.1) is 10.7 Å². The first-order valence-electron chi connectivity index (χ1n) is 7.92. The van der Waals surface area contributed by atoms with E-state index in [9.17, 15) is 13.2 Å². The van der Waals surface area contributed by atoms with Crippen molar-refractivity contribution in [1.29, 1.82) is 0 Å². The van der Waals surface area contributed by atoms with Crippen LogP contribution in [0.5, 0.6) is 0 Å². The van der Waals surface area contributed by atoms with Crippen LogP contribution in [0.2, 0.25) is 0 Å². The van der Waals surface area contributed by atoms with Crippen LogP contribution < -0.4 is 0 Å². The number of hydrogen-bond donors (Lipinski definition) is 0. The van der Waals surface area contributed by atoms with Gasteiger partial charge in [0.15, 0.2) is 11.6 Å². The Balaban J connectivity index is 2.24. The highest BCUT2D eigenvalue weighted by Gasteiger charge is 2.09. The van der Waals surface area contributed by atoms with Crippen molar-refractivity contribution in [3.8, 4) is 23.7 Å². The molecule has 26 heavy (non-hydrogen) atoms. The Morgan fingerprint density at radius 3 is 2.23 bits per heavy atom. The maximum absolute atomic E-state index is 14.1. The van der Waals surface area contributed by atoms with Gasteiger partial charge in [-0.15, -0.1) is 0 Å². The van der Waals surface area contributed by atoms with Crippen molar-refractivity contribution in [2.75, 3.05) is 0 Å². The molecule has 1 nitrogen and oxygen atoms in total. The lowest BCUT2D eigenvalue weighted by Crippen LogP contribution is -1.88. The number of aliphatic imine (C=N–C) groups is 1. The lowest BCUT2D eigenvalue weighted by Gasteiger charge is -1.99. The van der Waals surface area contributed by atoms with E-state index < -0.39 is 23.1 Å². The van der Waals surface area contributed by atoms with Crippen LogP contribution in [0.25, 0.3) is 0 Å². The Morgan fingerprint density at radius 1 is 0.923 bits per heavy atom. The van der Waals surface area contributed by atoms with E-state index in [-0.39, 0.29) is 11.1 Å². The first kappa shape index (κ1) is 19.5. The van der Waals surface area contributed by atoms with Crippen LogP contribution in [0.4, 0.5) is 18.9 Å². The van der Waals surface area contributed by atoms with E-state index in [1.807, 2.05) is 5.16 Å². The molecule has 0 aliphatic heterocycles. The van der Waals surface area contributed by atoms with Gasteiger partial charge in [0.25, 0.3) is 0 Å². The quantitative estimate of drug-likeness (QED) is 0.289. The summed E-state index contributed by atoms with van der Waals surface area (Å²) in [5, 5.41) is 1.91. The van der Waals surface area contributed by atoms with E-state index in [1.165, 1.54) is 12.1 Å². The van der Waals surface area contributed by atoms with Crippen LogP contribution >= 0.6 is 12.2 Å². The Labute approximate surface area is 156 Å². The summed E-state index contributed by atoms with van der Waals surface area (Å²) in [6, 6.07) is 6.45. The minimum atomic E-state index is -0.912. The molecule has 0 radical (unpaired) electrons. The first-order valence-corrected chi connectivity index (χ1v) is 8.33. The monoisotopic (exact) mass is 369 g/mol. The van der Waals surface area contributed by atoms with Crippen LogP contribution in [0.15, 0.2) is 35.3 Å². The fourth-order valence-electron chi connectivity index (χ4n) is 2.05. The summed E-state index contributed by atoms with van der Waals surface area (Å²) in [7, 11) is 0. The van der Waals surface area contributed by atoms with Gasteiger partial charge in [0.1, 0.15) is 11.5 Å². The maximum atomic E-state index is 14.1. The minimum absolute atomic E-state index is 0.0613. The van der Waals surface area contributed by atoms with E-state index in [0.29, 0.717) is 5.56 Å². The zero-order valence-corrected chi connectivity index (χ0v) is 14.8. The third kappa shape index (κ3) is 5.33. The first-order chi connectivity index (χ1) is 12.5. The number of rotatable bonds is 3. The van der Waals surface area contributed by atoms with Gasteiger partial charge in [-0.05, 0) is 49.0 Å². The zero-order chi connectivity index (χ0) is 18.9. The second kappa shape index (κ2) is 9.59. The highest BCUT2D eigenvalue weighted by molar-refractivity contribution is 7.78. The number of isothiocyanates is 1. The van der Waals surface area contributed by atoms with Crippen molar-refractivity contribution >= 4 is 23.1 Å². The number of hydrogen-bond acceptors (Lipinski definition) is 2. The summed E-state index contributed by atoms with van der Waals surface area (Å²) >= 11 is 4.34. The zero-order valence-electron chi connectivity index (χ0n) is 14.0. The van der Waals surface area contributed by atoms with Gasteiger partial charge in [0.2, 0.25) is 0 Å². The SMILES string of the molecule is CCCCC#Cc1ccc(C#Cc2cc(F)c(N=C=S)c(F)c2)c(F)c1. The minimum Gasteiger partial charge on any atom is -0.206 e. The van der Waals surface area contributed by atoms with Crippen LogP contribution in [-0.2, 0) is 0 Å². The van der Waals surface area contributed by atoms with Gasteiger partial charge < -0.3 is 0 Å². The molecular formula is C21H14F3NS. The molecule has 0 aliphatic carbocycles. The van der Waals surface area contributed by atoms with Crippen molar-refractivity contribution in [3.63, 3.8) is 0 Å². The normalized spacial score (nSPS) is 9.38. The lowest BCUT2D eigenvalue weighted by molar-refractivity contribution is 0.587. The molecule has 2 aromatic rings. The highest BCUT2D eigenvalue weighted by Crippen LogP contribution is 2.23. The summed E-state index contributed by atoms with van der Waals surface area (Å²) in [6.07, 6.45) is 2.82. The molecule has 2 rings (SSSR count). The Morgan fingerprint density at radius 2 is 1.62 bits per heavy atom. The van der Waals surface area contributed by atoms with Crippen LogP contribution in [0.3, 0.4) is 0 Å². The summed E-state index contributed by atoms with van der Waals surface area (Å²) in [5.74, 6) is 8.61. The molecule has 0 aliphatic rings. The Bertz CT molecular complexity index is 961. The van der Waals surface area contributed by atoms with Gasteiger partial charge in [0, 0.05) is 17.5 Å². The maximum Gasteiger partial charge on any atom is 0.153 e. The number of unbranched alkanes of at least 4 members (excludes halogenated alkanes) is 2. The third-order valence-electron chi connectivity index (χ3n) is 3.37. The van der Waals surface area contributed by atoms with Crippen molar-refractivity contribution in [2.45, 2.75) is 26.2 Å². The molecule has 0 unspecified atom stereocenters. The molecule has 0 saturated carbocycles.